The molecule has 0 spiro atoms. The van der Waals surface area contributed by atoms with E-state index in [9.17, 15) is 19.5 Å². The van der Waals surface area contributed by atoms with E-state index >= 15 is 0 Å². The van der Waals surface area contributed by atoms with Crippen molar-refractivity contribution in [1.82, 2.24) is 0 Å². The molecule has 72 heavy (non-hydrogen) atoms. The molecule has 0 bridgehead atoms. The number of hydrogen-bond donors (Lipinski definition) is 0. The van der Waals surface area contributed by atoms with E-state index in [1.165, 1.54) is 135 Å². The van der Waals surface area contributed by atoms with Crippen molar-refractivity contribution in [3.05, 3.63) is 72.9 Å². The number of likely N-dealkylation sites (N-methyl/N-ethyl adjacent to an activating group) is 1. The van der Waals surface area contributed by atoms with Gasteiger partial charge in [-0.05, 0) is 83.5 Å². The molecule has 0 aliphatic rings. The van der Waals surface area contributed by atoms with Gasteiger partial charge in [-0.3, -0.25) is 9.59 Å². The van der Waals surface area contributed by atoms with Gasteiger partial charge in [0.2, 0.25) is 0 Å². The first kappa shape index (κ1) is 68.7. The third-order valence-corrected chi connectivity index (χ3v) is 12.7. The fraction of sp³-hybridized carbons (Fsp3) is 0.762. The van der Waals surface area contributed by atoms with Crippen molar-refractivity contribution in [3.63, 3.8) is 0 Å². The van der Waals surface area contributed by atoms with Gasteiger partial charge in [-0.25, -0.2) is 0 Å². The number of allylic oxidation sites excluding steroid dienone is 12. The van der Waals surface area contributed by atoms with Gasteiger partial charge in [-0.15, -0.1) is 0 Å². The van der Waals surface area contributed by atoms with Crippen molar-refractivity contribution in [1.29, 1.82) is 0 Å². The van der Waals surface area contributed by atoms with E-state index in [0.29, 0.717) is 17.4 Å². The molecule has 0 aromatic carbocycles. The smallest absolute Gasteiger partial charge is 0.306 e. The van der Waals surface area contributed by atoms with Crippen LogP contribution in [0, 0.1) is 0 Å². The van der Waals surface area contributed by atoms with Gasteiger partial charge in [0.1, 0.15) is 13.2 Å². The van der Waals surface area contributed by atoms with E-state index in [-0.39, 0.29) is 38.6 Å². The third-order valence-electron chi connectivity index (χ3n) is 12.7. The van der Waals surface area contributed by atoms with Crippen LogP contribution >= 0.6 is 0 Å². The molecule has 0 saturated heterocycles. The summed E-state index contributed by atoms with van der Waals surface area (Å²) in [6.07, 6.45) is 66.9. The molecular formula is C63H111NO8. The van der Waals surface area contributed by atoms with Crippen molar-refractivity contribution in [2.75, 3.05) is 47.5 Å². The van der Waals surface area contributed by atoms with Crippen LogP contribution in [0.25, 0.3) is 0 Å². The van der Waals surface area contributed by atoms with Crippen LogP contribution in [0.1, 0.15) is 251 Å². The molecule has 0 aliphatic carbocycles. The zero-order valence-corrected chi connectivity index (χ0v) is 47.3. The zero-order chi connectivity index (χ0) is 52.7. The van der Waals surface area contributed by atoms with E-state index in [2.05, 4.69) is 86.8 Å². The molecule has 2 atom stereocenters. The highest BCUT2D eigenvalue weighted by molar-refractivity contribution is 5.70. The molecule has 0 heterocycles. The number of rotatable bonds is 54. The summed E-state index contributed by atoms with van der Waals surface area (Å²) in [5.74, 6) is -2.29. The Kier molecular flexibility index (Phi) is 51.6. The fourth-order valence-corrected chi connectivity index (χ4v) is 8.15. The van der Waals surface area contributed by atoms with Crippen LogP contribution in [0.2, 0.25) is 0 Å². The number of carboxylic acids is 1. The van der Waals surface area contributed by atoms with Crippen molar-refractivity contribution in [2.45, 2.75) is 264 Å². The molecule has 416 valence electrons. The Morgan fingerprint density at radius 1 is 0.431 bits per heavy atom. The summed E-state index contributed by atoms with van der Waals surface area (Å²) in [5, 5.41) is 11.7. The van der Waals surface area contributed by atoms with Crippen LogP contribution in [-0.2, 0) is 33.3 Å². The van der Waals surface area contributed by atoms with Gasteiger partial charge in [-0.2, -0.15) is 0 Å². The second kappa shape index (κ2) is 54.0. The maximum absolute atomic E-state index is 12.8. The Morgan fingerprint density at radius 3 is 1.19 bits per heavy atom. The average Bonchev–Trinajstić information content (AvgIpc) is 3.35. The summed E-state index contributed by atoms with van der Waals surface area (Å²) in [6.45, 7) is 4.61. The molecule has 0 radical (unpaired) electrons. The molecule has 0 fully saturated rings. The second-order valence-electron chi connectivity index (χ2n) is 20.9. The number of esters is 2. The molecular weight excluding hydrogens is 899 g/mol. The van der Waals surface area contributed by atoms with Gasteiger partial charge in [0.25, 0.3) is 0 Å². The Bertz CT molecular complexity index is 1410. The largest absolute Gasteiger partial charge is 0.545 e. The third kappa shape index (κ3) is 54.5. The number of carboxylic acid groups (broad SMARTS) is 1. The molecule has 9 nitrogen and oxygen atoms in total. The van der Waals surface area contributed by atoms with Crippen LogP contribution in [-0.4, -0.2) is 82.3 Å². The first-order valence-corrected chi connectivity index (χ1v) is 29.6. The van der Waals surface area contributed by atoms with E-state index in [1.54, 1.807) is 0 Å². The number of hydrogen-bond acceptors (Lipinski definition) is 8. The molecule has 0 amide bonds. The maximum atomic E-state index is 12.8. The Hall–Kier alpha value is -3.27. The van der Waals surface area contributed by atoms with Crippen LogP contribution < -0.4 is 5.11 Å². The number of carbonyl (C=O) groups is 3. The van der Waals surface area contributed by atoms with Crippen molar-refractivity contribution >= 4 is 17.9 Å². The van der Waals surface area contributed by atoms with Crippen molar-refractivity contribution in [2.24, 2.45) is 0 Å². The molecule has 9 heteroatoms. The number of carbonyl (C=O) groups excluding carboxylic acids is 3. The van der Waals surface area contributed by atoms with Crippen molar-refractivity contribution in [3.8, 4) is 0 Å². The van der Waals surface area contributed by atoms with Crippen LogP contribution in [0.5, 0.6) is 0 Å². The number of quaternary nitrogens is 1. The molecule has 0 aromatic rings. The SMILES string of the molecule is CC/C=C\C/C=C\C/C=C\C/C=C\C/C=C\CCCCCCCCCCCCCCCCCCCCCC(=O)OC(COC(=O)CCCCCCC/C=C\CCCCC)COC(OCC[N+](C)(C)C)C(=O)[O-]. The Morgan fingerprint density at radius 2 is 0.792 bits per heavy atom. The summed E-state index contributed by atoms with van der Waals surface area (Å²) in [6, 6.07) is 0. The van der Waals surface area contributed by atoms with E-state index in [4.69, 9.17) is 18.9 Å². The highest BCUT2D eigenvalue weighted by Crippen LogP contribution is 2.16. The summed E-state index contributed by atoms with van der Waals surface area (Å²) < 4.78 is 22.6. The van der Waals surface area contributed by atoms with Gasteiger partial charge < -0.3 is 33.3 Å². The highest BCUT2D eigenvalue weighted by Gasteiger charge is 2.22. The Balaban J connectivity index is 4.04. The quantitative estimate of drug-likeness (QED) is 0.0195. The number of aliphatic carboxylic acids is 1. The van der Waals surface area contributed by atoms with Crippen LogP contribution in [0.15, 0.2) is 72.9 Å². The zero-order valence-electron chi connectivity index (χ0n) is 47.3. The normalized spacial score (nSPS) is 13.3. The molecule has 0 saturated carbocycles. The lowest BCUT2D eigenvalue weighted by Crippen LogP contribution is -2.44. The lowest BCUT2D eigenvalue weighted by atomic mass is 10.0. The summed E-state index contributed by atoms with van der Waals surface area (Å²) in [4.78, 5) is 37.2. The van der Waals surface area contributed by atoms with E-state index in [1.807, 2.05) is 21.1 Å². The molecule has 0 rings (SSSR count). The minimum Gasteiger partial charge on any atom is -0.545 e. The second-order valence-corrected chi connectivity index (χ2v) is 20.9. The molecule has 0 aliphatic heterocycles. The highest BCUT2D eigenvalue weighted by atomic mass is 16.7. The maximum Gasteiger partial charge on any atom is 0.306 e. The number of ether oxygens (including phenoxy) is 4. The topological polar surface area (TPSA) is 111 Å². The summed E-state index contributed by atoms with van der Waals surface area (Å²) in [5.41, 5.74) is 0. The van der Waals surface area contributed by atoms with Crippen LogP contribution in [0.4, 0.5) is 0 Å². The average molecular weight is 1010 g/mol. The van der Waals surface area contributed by atoms with Gasteiger partial charge in [0.05, 0.1) is 40.3 Å². The minimum absolute atomic E-state index is 0.146. The first-order chi connectivity index (χ1) is 35.1. The van der Waals surface area contributed by atoms with Crippen molar-refractivity contribution < 1.29 is 42.9 Å². The molecule has 0 N–H and O–H groups in total. The van der Waals surface area contributed by atoms with E-state index in [0.717, 1.165) is 83.5 Å². The van der Waals surface area contributed by atoms with Gasteiger partial charge in [0.15, 0.2) is 12.4 Å². The fourth-order valence-electron chi connectivity index (χ4n) is 8.15. The number of nitrogens with zero attached hydrogens (tertiary/aromatic N) is 1. The van der Waals surface area contributed by atoms with Gasteiger partial charge >= 0.3 is 11.9 Å². The lowest BCUT2D eigenvalue weighted by Gasteiger charge is -2.26. The van der Waals surface area contributed by atoms with Crippen LogP contribution in [0.3, 0.4) is 0 Å². The lowest BCUT2D eigenvalue weighted by molar-refractivity contribution is -0.870. The number of unbranched alkanes of at least 4 members (excludes halogenated alkanes) is 27. The van der Waals surface area contributed by atoms with Gasteiger partial charge in [0, 0.05) is 12.8 Å². The standard InChI is InChI=1S/C63H111NO8/c1-6-8-10-12-14-16-18-20-21-22-23-24-25-26-27-28-29-30-31-32-33-34-35-36-37-38-39-40-41-42-44-46-48-50-52-54-61(66)72-59(58-71-63(62(67)68)69-56-55-64(3,4)5)57-70-60(65)53-51-49-47-45-43-19-17-15-13-11-9-7-2/h8,10,14-17,20-21,23-24,26-27,59,63H,6-7,9,11-13,18-19,22,25,28-58H2,1-5H3/b10-8-,16-14-,17-15-,21-20-,24-23-,27-26-. The Labute approximate surface area is 443 Å². The molecule has 2 unspecified atom stereocenters. The first-order valence-electron chi connectivity index (χ1n) is 29.6. The predicted molar refractivity (Wildman–Crippen MR) is 301 cm³/mol. The minimum atomic E-state index is -1.62. The summed E-state index contributed by atoms with van der Waals surface area (Å²) in [7, 11) is 5.92. The predicted octanol–water partition coefficient (Wildman–Crippen LogP) is 16.1. The monoisotopic (exact) mass is 1010 g/mol. The molecule has 0 aromatic heterocycles. The van der Waals surface area contributed by atoms with E-state index < -0.39 is 24.3 Å². The van der Waals surface area contributed by atoms with Gasteiger partial charge in [-0.1, -0.05) is 228 Å². The summed E-state index contributed by atoms with van der Waals surface area (Å²) >= 11 is 0.